The van der Waals surface area contributed by atoms with E-state index in [0.29, 0.717) is 0 Å². The molecule has 0 spiro atoms. The molecule has 0 amide bonds. The summed E-state index contributed by atoms with van der Waals surface area (Å²) in [5, 5.41) is 2.38. The number of anilines is 1. The van der Waals surface area contributed by atoms with Crippen LogP contribution in [0.25, 0.3) is 16.3 Å². The van der Waals surface area contributed by atoms with E-state index in [4.69, 9.17) is 5.73 Å². The van der Waals surface area contributed by atoms with Crippen molar-refractivity contribution in [3.05, 3.63) is 48.5 Å². The fraction of sp³-hybridized carbons (Fsp3) is 0.0769. The molecule has 0 aliphatic carbocycles. The lowest BCUT2D eigenvalue weighted by molar-refractivity contribution is 1.61. The SMILES string of the molecule is C=C(C)c1cc2ccccc2cc1N. The van der Waals surface area contributed by atoms with Crippen LogP contribution < -0.4 is 5.73 Å². The first-order valence-electron chi connectivity index (χ1n) is 4.62. The van der Waals surface area contributed by atoms with Crippen molar-refractivity contribution in [1.29, 1.82) is 0 Å². The molecule has 0 saturated heterocycles. The number of nitrogens with two attached hydrogens (primary N) is 1. The van der Waals surface area contributed by atoms with E-state index < -0.39 is 0 Å². The molecule has 0 aromatic heterocycles. The molecule has 0 radical (unpaired) electrons. The Kier molecular flexibility index (Phi) is 2.01. The van der Waals surface area contributed by atoms with Gasteiger partial charge in [0.15, 0.2) is 0 Å². The first-order chi connectivity index (χ1) is 6.68. The number of benzene rings is 2. The van der Waals surface area contributed by atoms with Gasteiger partial charge in [-0.3, -0.25) is 0 Å². The Balaban J connectivity index is 2.77. The van der Waals surface area contributed by atoms with Crippen LogP contribution in [0.1, 0.15) is 12.5 Å². The molecule has 0 fully saturated rings. The molecule has 14 heavy (non-hydrogen) atoms. The molecule has 70 valence electrons. The number of fused-ring (bicyclic) bond motifs is 1. The lowest BCUT2D eigenvalue weighted by atomic mass is 10.0. The van der Waals surface area contributed by atoms with E-state index in [1.807, 2.05) is 25.1 Å². The van der Waals surface area contributed by atoms with Gasteiger partial charge in [-0.25, -0.2) is 0 Å². The van der Waals surface area contributed by atoms with E-state index in [1.165, 1.54) is 10.8 Å². The van der Waals surface area contributed by atoms with E-state index in [0.717, 1.165) is 16.8 Å². The molecule has 0 aliphatic rings. The summed E-state index contributed by atoms with van der Waals surface area (Å²) < 4.78 is 0. The Hall–Kier alpha value is -1.76. The van der Waals surface area contributed by atoms with Crippen molar-refractivity contribution in [2.45, 2.75) is 6.92 Å². The highest BCUT2D eigenvalue weighted by atomic mass is 14.6. The molecule has 0 bridgehead atoms. The lowest BCUT2D eigenvalue weighted by Gasteiger charge is -2.07. The van der Waals surface area contributed by atoms with Gasteiger partial charge in [0.25, 0.3) is 0 Å². The summed E-state index contributed by atoms with van der Waals surface area (Å²) in [6.45, 7) is 5.89. The van der Waals surface area contributed by atoms with Crippen LogP contribution in [0.4, 0.5) is 5.69 Å². The van der Waals surface area contributed by atoms with Crippen molar-refractivity contribution in [3.8, 4) is 0 Å². The van der Waals surface area contributed by atoms with Crippen LogP contribution >= 0.6 is 0 Å². The van der Waals surface area contributed by atoms with Crippen LogP contribution in [0.5, 0.6) is 0 Å². The van der Waals surface area contributed by atoms with Crippen LogP contribution in [0.2, 0.25) is 0 Å². The van der Waals surface area contributed by atoms with Gasteiger partial charge in [0.05, 0.1) is 0 Å². The molecule has 2 N–H and O–H groups in total. The quantitative estimate of drug-likeness (QED) is 0.673. The molecular formula is C13H13N. The zero-order valence-corrected chi connectivity index (χ0v) is 8.25. The van der Waals surface area contributed by atoms with Crippen LogP contribution in [0.15, 0.2) is 43.0 Å². The molecule has 2 rings (SSSR count). The number of allylic oxidation sites excluding steroid dienone is 1. The predicted octanol–water partition coefficient (Wildman–Crippen LogP) is 3.46. The predicted molar refractivity (Wildman–Crippen MR) is 63.1 cm³/mol. The van der Waals surface area contributed by atoms with Gasteiger partial charge in [0.1, 0.15) is 0 Å². The average molecular weight is 183 g/mol. The highest BCUT2D eigenvalue weighted by Gasteiger charge is 2.01. The number of hydrogen-bond acceptors (Lipinski definition) is 1. The number of nitrogen functional groups attached to an aromatic ring is 1. The normalized spacial score (nSPS) is 10.4. The third-order valence-corrected chi connectivity index (χ3v) is 2.38. The summed E-state index contributed by atoms with van der Waals surface area (Å²) in [5.74, 6) is 0. The van der Waals surface area contributed by atoms with Crippen LogP contribution in [0.3, 0.4) is 0 Å². The zero-order chi connectivity index (χ0) is 10.1. The number of hydrogen-bond donors (Lipinski definition) is 1. The molecular weight excluding hydrogens is 170 g/mol. The fourth-order valence-corrected chi connectivity index (χ4v) is 1.63. The van der Waals surface area contributed by atoms with E-state index in [1.54, 1.807) is 0 Å². The molecule has 0 unspecified atom stereocenters. The van der Waals surface area contributed by atoms with E-state index >= 15 is 0 Å². The Morgan fingerprint density at radius 3 is 2.29 bits per heavy atom. The van der Waals surface area contributed by atoms with Crippen molar-refractivity contribution < 1.29 is 0 Å². The summed E-state index contributed by atoms with van der Waals surface area (Å²) in [4.78, 5) is 0. The minimum atomic E-state index is 0.802. The monoisotopic (exact) mass is 183 g/mol. The first kappa shape index (κ1) is 8.82. The van der Waals surface area contributed by atoms with Crippen molar-refractivity contribution in [2.75, 3.05) is 5.73 Å². The highest BCUT2D eigenvalue weighted by molar-refractivity contribution is 5.91. The number of rotatable bonds is 1. The van der Waals surface area contributed by atoms with E-state index in [9.17, 15) is 0 Å². The average Bonchev–Trinajstić information content (AvgIpc) is 2.16. The van der Waals surface area contributed by atoms with Gasteiger partial charge < -0.3 is 5.73 Å². The molecule has 2 aromatic rings. The molecule has 1 heteroatoms. The zero-order valence-electron chi connectivity index (χ0n) is 8.25. The Morgan fingerprint density at radius 2 is 1.71 bits per heavy atom. The summed E-state index contributed by atoms with van der Waals surface area (Å²) in [6.07, 6.45) is 0. The lowest BCUT2D eigenvalue weighted by Crippen LogP contribution is -1.91. The van der Waals surface area contributed by atoms with Gasteiger partial charge in [-0.2, -0.15) is 0 Å². The van der Waals surface area contributed by atoms with Gasteiger partial charge in [-0.15, -0.1) is 0 Å². The van der Waals surface area contributed by atoms with Crippen LogP contribution in [-0.4, -0.2) is 0 Å². The molecule has 0 atom stereocenters. The minimum Gasteiger partial charge on any atom is -0.398 e. The minimum absolute atomic E-state index is 0.802. The summed E-state index contributed by atoms with van der Waals surface area (Å²) in [5.41, 5.74) is 8.78. The van der Waals surface area contributed by atoms with Crippen LogP contribution in [-0.2, 0) is 0 Å². The standard InChI is InChI=1S/C13H13N/c1-9(2)12-7-10-5-3-4-6-11(10)8-13(12)14/h3-8H,1,14H2,2H3. The molecule has 1 nitrogen and oxygen atoms in total. The van der Waals surface area contributed by atoms with Crippen molar-refractivity contribution in [2.24, 2.45) is 0 Å². The molecule has 0 saturated carbocycles. The van der Waals surface area contributed by atoms with E-state index in [2.05, 4.69) is 24.8 Å². The molecule has 0 aliphatic heterocycles. The Bertz CT molecular complexity index is 498. The topological polar surface area (TPSA) is 26.0 Å². The maximum absolute atomic E-state index is 5.93. The highest BCUT2D eigenvalue weighted by Crippen LogP contribution is 2.25. The smallest absolute Gasteiger partial charge is 0.0396 e. The maximum Gasteiger partial charge on any atom is 0.0396 e. The van der Waals surface area contributed by atoms with Crippen LogP contribution in [0, 0.1) is 0 Å². The fourth-order valence-electron chi connectivity index (χ4n) is 1.63. The summed E-state index contributed by atoms with van der Waals surface area (Å²) in [7, 11) is 0. The molecule has 0 heterocycles. The third kappa shape index (κ3) is 1.37. The van der Waals surface area contributed by atoms with Gasteiger partial charge in [-0.1, -0.05) is 30.8 Å². The third-order valence-electron chi connectivity index (χ3n) is 2.38. The Labute approximate surface area is 83.9 Å². The van der Waals surface area contributed by atoms with Gasteiger partial charge in [-0.05, 0) is 35.4 Å². The summed E-state index contributed by atoms with van der Waals surface area (Å²) in [6, 6.07) is 12.3. The van der Waals surface area contributed by atoms with Gasteiger partial charge in [0, 0.05) is 11.3 Å². The second kappa shape index (κ2) is 3.18. The maximum atomic E-state index is 5.93. The first-order valence-corrected chi connectivity index (χ1v) is 4.62. The largest absolute Gasteiger partial charge is 0.398 e. The van der Waals surface area contributed by atoms with Crippen molar-refractivity contribution in [3.63, 3.8) is 0 Å². The van der Waals surface area contributed by atoms with Crippen molar-refractivity contribution >= 4 is 22.0 Å². The van der Waals surface area contributed by atoms with Crippen molar-refractivity contribution in [1.82, 2.24) is 0 Å². The molecule has 2 aromatic carbocycles. The Morgan fingerprint density at radius 1 is 1.14 bits per heavy atom. The van der Waals surface area contributed by atoms with E-state index in [-0.39, 0.29) is 0 Å². The van der Waals surface area contributed by atoms with Gasteiger partial charge >= 0.3 is 0 Å². The summed E-state index contributed by atoms with van der Waals surface area (Å²) >= 11 is 0. The second-order valence-corrected chi connectivity index (χ2v) is 3.57. The van der Waals surface area contributed by atoms with Gasteiger partial charge in [0.2, 0.25) is 0 Å². The second-order valence-electron chi connectivity index (χ2n) is 3.57.